The minimum atomic E-state index is 0.498. The normalized spacial score (nSPS) is 12.1. The van der Waals surface area contributed by atoms with E-state index in [0.29, 0.717) is 5.92 Å². The van der Waals surface area contributed by atoms with E-state index in [9.17, 15) is 0 Å². The van der Waals surface area contributed by atoms with Crippen LogP contribution in [0.5, 0.6) is 0 Å². The Balaban J connectivity index is 3.91. The molecule has 0 bridgehead atoms. The Hall–Kier alpha value is -0.720. The summed E-state index contributed by atoms with van der Waals surface area (Å²) in [7, 11) is 0. The van der Waals surface area contributed by atoms with Crippen molar-refractivity contribution in [3.8, 4) is 0 Å². The zero-order chi connectivity index (χ0) is 6.57. The van der Waals surface area contributed by atoms with Crippen molar-refractivity contribution in [3.05, 3.63) is 24.4 Å². The Bertz CT molecular complexity index is 101. The summed E-state index contributed by atoms with van der Waals surface area (Å²) in [6, 6.07) is 0. The van der Waals surface area contributed by atoms with Crippen molar-refractivity contribution < 1.29 is 0 Å². The van der Waals surface area contributed by atoms with Gasteiger partial charge in [0.2, 0.25) is 0 Å². The lowest BCUT2D eigenvalue weighted by Crippen LogP contribution is -1.93. The standard InChI is InChI=1S/C7H13N/c1-4-7(5-8)6(2)3/h4-6H,1,8H2,2-3H3/b7-5+. The zero-order valence-corrected chi connectivity index (χ0v) is 5.52. The number of rotatable bonds is 2. The van der Waals surface area contributed by atoms with Gasteiger partial charge in [-0.2, -0.15) is 0 Å². The van der Waals surface area contributed by atoms with Gasteiger partial charge >= 0.3 is 0 Å². The van der Waals surface area contributed by atoms with E-state index in [1.165, 1.54) is 0 Å². The Labute approximate surface area is 50.9 Å². The minimum Gasteiger partial charge on any atom is -0.404 e. The fraction of sp³-hybridized carbons (Fsp3) is 0.429. The Morgan fingerprint density at radius 3 is 2.12 bits per heavy atom. The highest BCUT2D eigenvalue weighted by Gasteiger charge is 1.93. The van der Waals surface area contributed by atoms with Crippen molar-refractivity contribution in [1.82, 2.24) is 0 Å². The largest absolute Gasteiger partial charge is 0.404 e. The molecule has 0 aromatic heterocycles. The molecule has 2 N–H and O–H groups in total. The fourth-order valence-electron chi connectivity index (χ4n) is 0.496. The predicted molar refractivity (Wildman–Crippen MR) is 37.3 cm³/mol. The molecular weight excluding hydrogens is 98.1 g/mol. The van der Waals surface area contributed by atoms with E-state index < -0.39 is 0 Å². The van der Waals surface area contributed by atoms with Gasteiger partial charge in [-0.05, 0) is 17.7 Å². The molecule has 0 heterocycles. The molecule has 46 valence electrons. The highest BCUT2D eigenvalue weighted by molar-refractivity contribution is 5.16. The fourth-order valence-corrected chi connectivity index (χ4v) is 0.496. The molecule has 0 saturated heterocycles. The van der Waals surface area contributed by atoms with Crippen molar-refractivity contribution in [2.75, 3.05) is 0 Å². The molecule has 0 unspecified atom stereocenters. The van der Waals surface area contributed by atoms with Gasteiger partial charge in [0.05, 0.1) is 0 Å². The number of allylic oxidation sites excluding steroid dienone is 2. The molecule has 1 nitrogen and oxygen atoms in total. The Kier molecular flexibility index (Phi) is 3.01. The number of hydrogen-bond acceptors (Lipinski definition) is 1. The van der Waals surface area contributed by atoms with Crippen LogP contribution in [-0.2, 0) is 0 Å². The van der Waals surface area contributed by atoms with Gasteiger partial charge in [0.15, 0.2) is 0 Å². The molecule has 8 heavy (non-hydrogen) atoms. The minimum absolute atomic E-state index is 0.498. The quantitative estimate of drug-likeness (QED) is 0.539. The molecule has 0 atom stereocenters. The first kappa shape index (κ1) is 7.28. The van der Waals surface area contributed by atoms with Gasteiger partial charge in [0.25, 0.3) is 0 Å². The molecule has 0 saturated carbocycles. The lowest BCUT2D eigenvalue weighted by Gasteiger charge is -2.01. The summed E-state index contributed by atoms with van der Waals surface area (Å²) in [5.74, 6) is 0.498. The van der Waals surface area contributed by atoms with Gasteiger partial charge in [-0.1, -0.05) is 26.5 Å². The summed E-state index contributed by atoms with van der Waals surface area (Å²) in [6.07, 6.45) is 3.38. The van der Waals surface area contributed by atoms with Gasteiger partial charge in [0, 0.05) is 0 Å². The van der Waals surface area contributed by atoms with E-state index in [0.717, 1.165) is 5.57 Å². The van der Waals surface area contributed by atoms with Gasteiger partial charge < -0.3 is 5.73 Å². The maximum absolute atomic E-state index is 5.25. The second-order valence-electron chi connectivity index (χ2n) is 2.03. The zero-order valence-electron chi connectivity index (χ0n) is 5.52. The molecule has 0 radical (unpaired) electrons. The molecule has 0 amide bonds. The molecule has 0 aliphatic rings. The van der Waals surface area contributed by atoms with Crippen LogP contribution in [0.2, 0.25) is 0 Å². The van der Waals surface area contributed by atoms with E-state index in [1.54, 1.807) is 12.3 Å². The number of hydrogen-bond donors (Lipinski definition) is 1. The van der Waals surface area contributed by atoms with Crippen molar-refractivity contribution in [2.45, 2.75) is 13.8 Å². The maximum atomic E-state index is 5.25. The van der Waals surface area contributed by atoms with Crippen LogP contribution in [0.1, 0.15) is 13.8 Å². The third kappa shape index (κ3) is 1.82. The third-order valence-corrected chi connectivity index (χ3v) is 1.09. The van der Waals surface area contributed by atoms with Crippen LogP contribution >= 0.6 is 0 Å². The van der Waals surface area contributed by atoms with Crippen LogP contribution < -0.4 is 5.73 Å². The molecule has 0 aliphatic carbocycles. The van der Waals surface area contributed by atoms with E-state index in [-0.39, 0.29) is 0 Å². The Morgan fingerprint density at radius 1 is 1.62 bits per heavy atom. The average molecular weight is 111 g/mol. The molecule has 0 spiro atoms. The Morgan fingerprint density at radius 2 is 2.12 bits per heavy atom. The highest BCUT2D eigenvalue weighted by Crippen LogP contribution is 2.06. The van der Waals surface area contributed by atoms with Gasteiger partial charge in [0.1, 0.15) is 0 Å². The van der Waals surface area contributed by atoms with Crippen LogP contribution in [-0.4, -0.2) is 0 Å². The lowest BCUT2D eigenvalue weighted by atomic mass is 10.1. The van der Waals surface area contributed by atoms with E-state index >= 15 is 0 Å². The van der Waals surface area contributed by atoms with Crippen molar-refractivity contribution in [3.63, 3.8) is 0 Å². The van der Waals surface area contributed by atoms with Crippen molar-refractivity contribution >= 4 is 0 Å². The predicted octanol–water partition coefficient (Wildman–Crippen LogP) is 1.67. The number of nitrogens with two attached hydrogens (primary N) is 1. The molecule has 1 heteroatoms. The van der Waals surface area contributed by atoms with Gasteiger partial charge in [-0.25, -0.2) is 0 Å². The molecular formula is C7H13N. The van der Waals surface area contributed by atoms with Crippen LogP contribution in [0, 0.1) is 5.92 Å². The van der Waals surface area contributed by atoms with E-state index in [4.69, 9.17) is 5.73 Å². The monoisotopic (exact) mass is 111 g/mol. The van der Waals surface area contributed by atoms with Crippen LogP contribution in [0.3, 0.4) is 0 Å². The first-order valence-corrected chi connectivity index (χ1v) is 2.76. The second kappa shape index (κ2) is 3.30. The van der Waals surface area contributed by atoms with Crippen LogP contribution in [0.25, 0.3) is 0 Å². The van der Waals surface area contributed by atoms with Crippen LogP contribution in [0.15, 0.2) is 24.4 Å². The highest BCUT2D eigenvalue weighted by atomic mass is 14.5. The SMILES string of the molecule is C=C/C(=C\N)C(C)C. The smallest absolute Gasteiger partial charge is 0.00273 e. The molecule has 0 rings (SSSR count). The van der Waals surface area contributed by atoms with Crippen LogP contribution in [0.4, 0.5) is 0 Å². The first-order chi connectivity index (χ1) is 3.72. The molecule has 0 aromatic rings. The van der Waals surface area contributed by atoms with Crippen molar-refractivity contribution in [2.24, 2.45) is 11.7 Å². The lowest BCUT2D eigenvalue weighted by molar-refractivity contribution is 0.789. The van der Waals surface area contributed by atoms with E-state index in [1.807, 2.05) is 0 Å². The first-order valence-electron chi connectivity index (χ1n) is 2.76. The summed E-state index contributed by atoms with van der Waals surface area (Å²) < 4.78 is 0. The maximum Gasteiger partial charge on any atom is -0.00273 e. The van der Waals surface area contributed by atoms with Gasteiger partial charge in [-0.15, -0.1) is 0 Å². The molecule has 0 fully saturated rings. The van der Waals surface area contributed by atoms with Gasteiger partial charge in [-0.3, -0.25) is 0 Å². The topological polar surface area (TPSA) is 26.0 Å². The van der Waals surface area contributed by atoms with E-state index in [2.05, 4.69) is 20.4 Å². The summed E-state index contributed by atoms with van der Waals surface area (Å²) in [5.41, 5.74) is 6.35. The molecule has 0 aliphatic heterocycles. The second-order valence-corrected chi connectivity index (χ2v) is 2.03. The summed E-state index contributed by atoms with van der Waals surface area (Å²) in [5, 5.41) is 0. The third-order valence-electron chi connectivity index (χ3n) is 1.09. The average Bonchev–Trinajstić information content (AvgIpc) is 1.69. The summed E-state index contributed by atoms with van der Waals surface area (Å²) in [4.78, 5) is 0. The van der Waals surface area contributed by atoms with Crippen molar-refractivity contribution in [1.29, 1.82) is 0 Å². The summed E-state index contributed by atoms with van der Waals surface area (Å²) >= 11 is 0. The summed E-state index contributed by atoms with van der Waals surface area (Å²) in [6.45, 7) is 7.77. The molecule has 0 aromatic carbocycles.